The van der Waals surface area contributed by atoms with Crippen LogP contribution in [0, 0.1) is 0 Å². The first-order chi connectivity index (χ1) is 12.7. The number of imidazole rings is 1. The summed E-state index contributed by atoms with van der Waals surface area (Å²) < 4.78 is 7.59. The molecule has 1 aliphatic rings. The topological polar surface area (TPSA) is 76.1 Å². The molecule has 0 aromatic carbocycles. The monoisotopic (exact) mass is 355 g/mol. The summed E-state index contributed by atoms with van der Waals surface area (Å²) in [6.07, 6.45) is 5.04. The van der Waals surface area contributed by atoms with Crippen LogP contribution >= 0.6 is 0 Å². The standard InChI is InChI=1S/C18H25N7O/c1-4-24-11-21-15-17(24)19-10-20-18(15)25-7-5-23(6-8-25)9-14-16(13(2)3)26-12-22-14/h10-13H,4-9H2,1-3H3. The molecule has 0 saturated carbocycles. The molecular weight excluding hydrogens is 330 g/mol. The number of anilines is 1. The molecule has 8 heteroatoms. The highest BCUT2D eigenvalue weighted by molar-refractivity contribution is 5.83. The van der Waals surface area contributed by atoms with E-state index in [1.165, 1.54) is 0 Å². The molecule has 0 atom stereocenters. The van der Waals surface area contributed by atoms with Crippen LogP contribution in [0.4, 0.5) is 5.82 Å². The summed E-state index contributed by atoms with van der Waals surface area (Å²) in [5.41, 5.74) is 2.85. The number of fused-ring (bicyclic) bond motifs is 1. The first kappa shape index (κ1) is 17.0. The fourth-order valence-electron chi connectivity index (χ4n) is 3.53. The van der Waals surface area contributed by atoms with Crippen molar-refractivity contribution in [2.45, 2.75) is 39.8 Å². The fourth-order valence-corrected chi connectivity index (χ4v) is 3.53. The molecule has 0 amide bonds. The molecule has 0 N–H and O–H groups in total. The predicted molar refractivity (Wildman–Crippen MR) is 99.1 cm³/mol. The van der Waals surface area contributed by atoms with Crippen LogP contribution in [0.15, 0.2) is 23.5 Å². The number of hydrogen-bond donors (Lipinski definition) is 0. The van der Waals surface area contributed by atoms with Crippen molar-refractivity contribution >= 4 is 17.0 Å². The SMILES string of the molecule is CCn1cnc2c(N3CCN(Cc4ncoc4C(C)C)CC3)ncnc21. The quantitative estimate of drug-likeness (QED) is 0.695. The Hall–Kier alpha value is -2.48. The highest BCUT2D eigenvalue weighted by Gasteiger charge is 2.23. The highest BCUT2D eigenvalue weighted by atomic mass is 16.3. The summed E-state index contributed by atoms with van der Waals surface area (Å²) in [5.74, 6) is 2.29. The zero-order valence-corrected chi connectivity index (χ0v) is 15.6. The van der Waals surface area contributed by atoms with Gasteiger partial charge in [0.1, 0.15) is 12.1 Å². The van der Waals surface area contributed by atoms with Crippen molar-refractivity contribution in [3.8, 4) is 0 Å². The molecule has 0 aliphatic carbocycles. The smallest absolute Gasteiger partial charge is 0.181 e. The molecule has 1 saturated heterocycles. The minimum Gasteiger partial charge on any atom is -0.448 e. The van der Waals surface area contributed by atoms with Gasteiger partial charge in [-0.2, -0.15) is 0 Å². The van der Waals surface area contributed by atoms with Crippen molar-refractivity contribution in [2.24, 2.45) is 0 Å². The van der Waals surface area contributed by atoms with E-state index < -0.39 is 0 Å². The third kappa shape index (κ3) is 3.05. The summed E-state index contributed by atoms with van der Waals surface area (Å²) in [7, 11) is 0. The van der Waals surface area contributed by atoms with Crippen molar-refractivity contribution in [2.75, 3.05) is 31.1 Å². The van der Waals surface area contributed by atoms with Crippen LogP contribution in [0.5, 0.6) is 0 Å². The molecule has 4 heterocycles. The minimum atomic E-state index is 0.358. The number of nitrogens with zero attached hydrogens (tertiary/aromatic N) is 7. The summed E-state index contributed by atoms with van der Waals surface area (Å²) in [6.45, 7) is 11.8. The zero-order chi connectivity index (χ0) is 18.1. The van der Waals surface area contributed by atoms with Gasteiger partial charge in [0, 0.05) is 45.2 Å². The maximum absolute atomic E-state index is 5.54. The van der Waals surface area contributed by atoms with E-state index in [1.807, 2.05) is 6.33 Å². The van der Waals surface area contributed by atoms with E-state index in [0.717, 1.165) is 67.7 Å². The van der Waals surface area contributed by atoms with Gasteiger partial charge in [-0.25, -0.2) is 19.9 Å². The second-order valence-electron chi connectivity index (χ2n) is 6.98. The minimum absolute atomic E-state index is 0.358. The molecule has 0 unspecified atom stereocenters. The second kappa shape index (κ2) is 7.03. The summed E-state index contributed by atoms with van der Waals surface area (Å²) >= 11 is 0. The Morgan fingerprint density at radius 3 is 2.62 bits per heavy atom. The van der Waals surface area contributed by atoms with Crippen molar-refractivity contribution in [3.05, 3.63) is 30.5 Å². The number of oxazole rings is 1. The number of aromatic nitrogens is 5. The molecule has 1 fully saturated rings. The normalized spacial score (nSPS) is 16.1. The van der Waals surface area contributed by atoms with Crippen LogP contribution in [-0.4, -0.2) is 55.6 Å². The van der Waals surface area contributed by atoms with E-state index in [2.05, 4.69) is 55.1 Å². The van der Waals surface area contributed by atoms with Gasteiger partial charge in [0.25, 0.3) is 0 Å². The van der Waals surface area contributed by atoms with Gasteiger partial charge < -0.3 is 13.9 Å². The first-order valence-electron chi connectivity index (χ1n) is 9.22. The van der Waals surface area contributed by atoms with E-state index in [9.17, 15) is 0 Å². The largest absolute Gasteiger partial charge is 0.448 e. The molecular formula is C18H25N7O. The number of hydrogen-bond acceptors (Lipinski definition) is 7. The van der Waals surface area contributed by atoms with Gasteiger partial charge >= 0.3 is 0 Å². The van der Waals surface area contributed by atoms with Gasteiger partial charge in [-0.05, 0) is 6.92 Å². The zero-order valence-electron chi connectivity index (χ0n) is 15.6. The van der Waals surface area contributed by atoms with Gasteiger partial charge in [-0.15, -0.1) is 0 Å². The van der Waals surface area contributed by atoms with Crippen LogP contribution < -0.4 is 4.90 Å². The van der Waals surface area contributed by atoms with E-state index >= 15 is 0 Å². The maximum atomic E-state index is 5.54. The molecule has 3 aromatic heterocycles. The lowest BCUT2D eigenvalue weighted by molar-refractivity contribution is 0.245. The van der Waals surface area contributed by atoms with E-state index in [-0.39, 0.29) is 0 Å². The highest BCUT2D eigenvalue weighted by Crippen LogP contribution is 2.24. The van der Waals surface area contributed by atoms with E-state index in [4.69, 9.17) is 4.42 Å². The van der Waals surface area contributed by atoms with Gasteiger partial charge in [0.15, 0.2) is 23.4 Å². The Morgan fingerprint density at radius 2 is 1.88 bits per heavy atom. The Labute approximate surface area is 152 Å². The lowest BCUT2D eigenvalue weighted by atomic mass is 10.1. The average molecular weight is 355 g/mol. The van der Waals surface area contributed by atoms with Crippen molar-refractivity contribution in [3.63, 3.8) is 0 Å². The fraction of sp³-hybridized carbons (Fsp3) is 0.556. The molecule has 4 rings (SSSR count). The summed E-state index contributed by atoms with van der Waals surface area (Å²) in [5, 5.41) is 0. The van der Waals surface area contributed by atoms with Crippen LogP contribution in [0.1, 0.15) is 38.1 Å². The molecule has 26 heavy (non-hydrogen) atoms. The summed E-state index contributed by atoms with van der Waals surface area (Å²) in [4.78, 5) is 22.6. The second-order valence-corrected chi connectivity index (χ2v) is 6.98. The molecule has 1 aliphatic heterocycles. The van der Waals surface area contributed by atoms with Gasteiger partial charge in [0.2, 0.25) is 0 Å². The van der Waals surface area contributed by atoms with E-state index in [0.29, 0.717) is 5.92 Å². The molecule has 3 aromatic rings. The Kier molecular flexibility index (Phi) is 4.58. The Balaban J connectivity index is 1.46. The van der Waals surface area contributed by atoms with Crippen molar-refractivity contribution in [1.82, 2.24) is 29.4 Å². The van der Waals surface area contributed by atoms with Crippen LogP contribution in [0.3, 0.4) is 0 Å². The Morgan fingerprint density at radius 1 is 1.08 bits per heavy atom. The number of aryl methyl sites for hydroxylation is 1. The van der Waals surface area contributed by atoms with Crippen molar-refractivity contribution < 1.29 is 4.42 Å². The average Bonchev–Trinajstić information content (AvgIpc) is 3.28. The number of piperazine rings is 1. The molecule has 8 nitrogen and oxygen atoms in total. The Bertz CT molecular complexity index is 877. The predicted octanol–water partition coefficient (Wildman–Crippen LogP) is 2.28. The maximum Gasteiger partial charge on any atom is 0.181 e. The van der Waals surface area contributed by atoms with Crippen LogP contribution in [0.2, 0.25) is 0 Å². The lowest BCUT2D eigenvalue weighted by Gasteiger charge is -2.35. The van der Waals surface area contributed by atoms with Gasteiger partial charge in [-0.3, -0.25) is 4.90 Å². The van der Waals surface area contributed by atoms with E-state index in [1.54, 1.807) is 12.7 Å². The van der Waals surface area contributed by atoms with Crippen LogP contribution in [0.25, 0.3) is 11.2 Å². The summed E-state index contributed by atoms with van der Waals surface area (Å²) in [6, 6.07) is 0. The molecule has 0 spiro atoms. The lowest BCUT2D eigenvalue weighted by Crippen LogP contribution is -2.46. The number of rotatable bonds is 5. The third-order valence-corrected chi connectivity index (χ3v) is 4.96. The van der Waals surface area contributed by atoms with Crippen LogP contribution in [-0.2, 0) is 13.1 Å². The third-order valence-electron chi connectivity index (χ3n) is 4.96. The van der Waals surface area contributed by atoms with Gasteiger partial charge in [-0.1, -0.05) is 13.8 Å². The molecule has 0 bridgehead atoms. The van der Waals surface area contributed by atoms with Crippen molar-refractivity contribution in [1.29, 1.82) is 0 Å². The molecule has 0 radical (unpaired) electrons. The molecule has 138 valence electrons. The first-order valence-corrected chi connectivity index (χ1v) is 9.22. The van der Waals surface area contributed by atoms with Gasteiger partial charge in [0.05, 0.1) is 12.0 Å².